The average molecular weight is 276 g/mol. The summed E-state index contributed by atoms with van der Waals surface area (Å²) >= 11 is 9.13. The number of hydrogen-bond acceptors (Lipinski definition) is 5. The number of halogens is 1. The van der Waals surface area contributed by atoms with Crippen molar-refractivity contribution in [1.29, 1.82) is 0 Å². The molecule has 0 radical (unpaired) electrons. The molecule has 0 bridgehead atoms. The molecule has 15 heavy (non-hydrogen) atoms. The Hall–Kier alpha value is 0.0200. The van der Waals surface area contributed by atoms with Gasteiger partial charge in [0.1, 0.15) is 6.04 Å². The molecule has 0 aliphatic rings. The highest BCUT2D eigenvalue weighted by Gasteiger charge is 2.16. The number of thiol groups is 1. The summed E-state index contributed by atoms with van der Waals surface area (Å²) in [5, 5.41) is 11.2. The van der Waals surface area contributed by atoms with Gasteiger partial charge in [-0.1, -0.05) is 0 Å². The van der Waals surface area contributed by atoms with Gasteiger partial charge in [-0.05, 0) is 0 Å². The molecule has 2 N–H and O–H groups in total. The van der Waals surface area contributed by atoms with E-state index in [0.29, 0.717) is 0 Å². The highest BCUT2D eigenvalue weighted by Crippen LogP contribution is 1.93. The molecule has 0 aliphatic heterocycles. The van der Waals surface area contributed by atoms with Crippen LogP contribution in [0.15, 0.2) is 0 Å². The Morgan fingerprint density at radius 1 is 1.47 bits per heavy atom. The zero-order chi connectivity index (χ0) is 11.9. The molecule has 1 unspecified atom stereocenters. The van der Waals surface area contributed by atoms with Gasteiger partial charge in [0, 0.05) is 18.2 Å². The number of carbonyl (C=O) groups is 1. The number of carboxylic acid groups (broad SMARTS) is 1. The smallest absolute Gasteiger partial charge is 0.321 e. The third kappa shape index (κ3) is 6.99. The summed E-state index contributed by atoms with van der Waals surface area (Å²) in [6.07, 6.45) is 0. The number of alkyl halides is 1. The van der Waals surface area contributed by atoms with Gasteiger partial charge >= 0.3 is 5.97 Å². The van der Waals surface area contributed by atoms with Gasteiger partial charge in [-0.15, -0.1) is 11.6 Å². The Labute approximate surface area is 99.5 Å². The number of nitrogens with one attached hydrogen (secondary N) is 1. The molecule has 0 saturated heterocycles. The minimum absolute atomic E-state index is 0.0528. The molecule has 0 aromatic heterocycles. The molecule has 0 aromatic carbocycles. The first kappa shape index (κ1) is 15.0. The van der Waals surface area contributed by atoms with Gasteiger partial charge in [-0.2, -0.15) is 12.6 Å². The van der Waals surface area contributed by atoms with Crippen LogP contribution in [0.3, 0.4) is 0 Å². The normalized spacial score (nSPS) is 13.7. The van der Waals surface area contributed by atoms with E-state index in [1.165, 1.54) is 0 Å². The van der Waals surface area contributed by atoms with E-state index in [4.69, 9.17) is 16.7 Å². The molecular formula is C7H14ClNO4S2. The van der Waals surface area contributed by atoms with Gasteiger partial charge in [0.05, 0.1) is 11.5 Å². The predicted molar refractivity (Wildman–Crippen MR) is 62.7 cm³/mol. The summed E-state index contributed by atoms with van der Waals surface area (Å²) in [4.78, 5) is 10.5. The van der Waals surface area contributed by atoms with Gasteiger partial charge in [-0.3, -0.25) is 4.79 Å². The third-order valence-electron chi connectivity index (χ3n) is 1.67. The molecule has 0 heterocycles. The average Bonchev–Trinajstić information content (AvgIpc) is 2.11. The zero-order valence-electron chi connectivity index (χ0n) is 8.02. The Morgan fingerprint density at radius 3 is 2.47 bits per heavy atom. The fourth-order valence-electron chi connectivity index (χ4n) is 0.838. The first-order valence-electron chi connectivity index (χ1n) is 4.26. The van der Waals surface area contributed by atoms with Crippen molar-refractivity contribution >= 4 is 40.0 Å². The molecule has 0 saturated carbocycles. The van der Waals surface area contributed by atoms with E-state index in [2.05, 4.69) is 17.9 Å². The second kappa shape index (κ2) is 7.32. The summed E-state index contributed by atoms with van der Waals surface area (Å²) < 4.78 is 22.4. The van der Waals surface area contributed by atoms with Crippen LogP contribution in [0.25, 0.3) is 0 Å². The third-order valence-corrected chi connectivity index (χ3v) is 4.10. The predicted octanol–water partition coefficient (Wildman–Crippen LogP) is -0.387. The monoisotopic (exact) mass is 275 g/mol. The van der Waals surface area contributed by atoms with Gasteiger partial charge < -0.3 is 10.4 Å². The SMILES string of the molecule is O=C(O)C(CS)NCCS(=O)(=O)CCCl. The van der Waals surface area contributed by atoms with Crippen LogP contribution in [0.4, 0.5) is 0 Å². The van der Waals surface area contributed by atoms with E-state index in [1.54, 1.807) is 0 Å². The number of rotatable bonds is 8. The summed E-state index contributed by atoms with van der Waals surface area (Å²) in [6.45, 7) is 0.0940. The lowest BCUT2D eigenvalue weighted by Gasteiger charge is -2.11. The van der Waals surface area contributed by atoms with Gasteiger partial charge in [0.2, 0.25) is 0 Å². The molecule has 0 spiro atoms. The zero-order valence-corrected chi connectivity index (χ0v) is 10.5. The highest BCUT2D eigenvalue weighted by molar-refractivity contribution is 7.91. The van der Waals surface area contributed by atoms with Crippen molar-refractivity contribution in [2.24, 2.45) is 0 Å². The fraction of sp³-hybridized carbons (Fsp3) is 0.857. The van der Waals surface area contributed by atoms with Gasteiger partial charge in [0.25, 0.3) is 0 Å². The Bertz CT molecular complexity index is 293. The lowest BCUT2D eigenvalue weighted by atomic mass is 10.3. The van der Waals surface area contributed by atoms with E-state index in [-0.39, 0.29) is 29.7 Å². The molecule has 0 aromatic rings. The molecule has 0 amide bonds. The summed E-state index contributed by atoms with van der Waals surface area (Å²) in [6, 6.07) is -0.820. The van der Waals surface area contributed by atoms with Crippen molar-refractivity contribution in [3.05, 3.63) is 0 Å². The standard InChI is InChI=1S/C7H14ClNO4S2/c8-1-3-15(12,13)4-2-9-6(5-14)7(10)11/h6,9,14H,1-5H2,(H,10,11). The van der Waals surface area contributed by atoms with Crippen LogP contribution in [0.2, 0.25) is 0 Å². The van der Waals surface area contributed by atoms with Crippen LogP contribution in [0.5, 0.6) is 0 Å². The Morgan fingerprint density at radius 2 is 2.07 bits per heavy atom. The van der Waals surface area contributed by atoms with Crippen molar-refractivity contribution < 1.29 is 18.3 Å². The Balaban J connectivity index is 3.92. The topological polar surface area (TPSA) is 83.5 Å². The fourth-order valence-corrected chi connectivity index (χ4v) is 2.70. The summed E-state index contributed by atoms with van der Waals surface area (Å²) in [5.74, 6) is -1.08. The minimum Gasteiger partial charge on any atom is -0.480 e. The van der Waals surface area contributed by atoms with E-state index in [0.717, 1.165) is 0 Å². The van der Waals surface area contributed by atoms with E-state index < -0.39 is 21.8 Å². The maximum absolute atomic E-state index is 11.2. The molecular weight excluding hydrogens is 262 g/mol. The largest absolute Gasteiger partial charge is 0.480 e. The van der Waals surface area contributed by atoms with Crippen LogP contribution >= 0.6 is 24.2 Å². The quantitative estimate of drug-likeness (QED) is 0.415. The molecule has 5 nitrogen and oxygen atoms in total. The number of sulfone groups is 1. The second-order valence-corrected chi connectivity index (χ2v) is 5.92. The van der Waals surface area contributed by atoms with Crippen LogP contribution in [0.1, 0.15) is 0 Å². The van der Waals surface area contributed by atoms with Gasteiger partial charge in [0.15, 0.2) is 9.84 Å². The van der Waals surface area contributed by atoms with Crippen LogP contribution < -0.4 is 5.32 Å². The van der Waals surface area contributed by atoms with Crippen LogP contribution in [-0.4, -0.2) is 55.2 Å². The molecule has 1 atom stereocenters. The first-order chi connectivity index (χ1) is 6.93. The van der Waals surface area contributed by atoms with Gasteiger partial charge in [-0.25, -0.2) is 8.42 Å². The second-order valence-electron chi connectivity index (χ2n) is 2.87. The first-order valence-corrected chi connectivity index (χ1v) is 7.25. The van der Waals surface area contributed by atoms with E-state index in [1.807, 2.05) is 0 Å². The van der Waals surface area contributed by atoms with E-state index >= 15 is 0 Å². The number of hydrogen-bond donors (Lipinski definition) is 3. The van der Waals surface area contributed by atoms with Crippen LogP contribution in [-0.2, 0) is 14.6 Å². The van der Waals surface area contributed by atoms with Crippen molar-refractivity contribution in [3.8, 4) is 0 Å². The lowest BCUT2D eigenvalue weighted by Crippen LogP contribution is -2.40. The summed E-state index contributed by atoms with van der Waals surface area (Å²) in [7, 11) is -3.17. The maximum atomic E-state index is 11.2. The molecule has 0 fully saturated rings. The number of carboxylic acids is 1. The highest BCUT2D eigenvalue weighted by atomic mass is 35.5. The lowest BCUT2D eigenvalue weighted by molar-refractivity contribution is -0.138. The van der Waals surface area contributed by atoms with Crippen molar-refractivity contribution in [2.45, 2.75) is 6.04 Å². The van der Waals surface area contributed by atoms with Crippen molar-refractivity contribution in [3.63, 3.8) is 0 Å². The number of aliphatic carboxylic acids is 1. The maximum Gasteiger partial charge on any atom is 0.321 e. The summed E-state index contributed by atoms with van der Waals surface area (Å²) in [5.41, 5.74) is 0. The molecule has 8 heteroatoms. The minimum atomic E-state index is -3.17. The van der Waals surface area contributed by atoms with Crippen molar-refractivity contribution in [2.75, 3.05) is 29.7 Å². The van der Waals surface area contributed by atoms with Crippen LogP contribution in [0, 0.1) is 0 Å². The molecule has 0 rings (SSSR count). The molecule has 0 aliphatic carbocycles. The Kier molecular flexibility index (Phi) is 7.33. The molecule has 90 valence electrons. The van der Waals surface area contributed by atoms with Crippen molar-refractivity contribution in [1.82, 2.24) is 5.32 Å². The van der Waals surface area contributed by atoms with E-state index in [9.17, 15) is 13.2 Å².